The van der Waals surface area contributed by atoms with Gasteiger partial charge in [0.2, 0.25) is 5.91 Å². The minimum absolute atomic E-state index is 0.0350. The van der Waals surface area contributed by atoms with Gasteiger partial charge in [-0.1, -0.05) is 0 Å². The zero-order valence-corrected chi connectivity index (χ0v) is 6.39. The summed E-state index contributed by atoms with van der Waals surface area (Å²) in [5, 5.41) is 10.9. The molecule has 1 saturated carbocycles. The quantitative estimate of drug-likeness (QED) is 0.605. The summed E-state index contributed by atoms with van der Waals surface area (Å²) in [5.74, 6) is -1.04. The monoisotopic (exact) mass is 157 g/mol. The van der Waals surface area contributed by atoms with E-state index in [1.165, 1.54) is 7.05 Å². The molecule has 1 aliphatic rings. The van der Waals surface area contributed by atoms with Crippen molar-refractivity contribution in [3.05, 3.63) is 0 Å². The van der Waals surface area contributed by atoms with Crippen LogP contribution in [0.4, 0.5) is 0 Å². The Morgan fingerprint density at radius 2 is 2.09 bits per heavy atom. The number of hydrogen-bond donors (Lipinski definition) is 2. The molecule has 0 saturated heterocycles. The van der Waals surface area contributed by atoms with Crippen molar-refractivity contribution in [1.29, 1.82) is 0 Å². The maximum atomic E-state index is 11.1. The van der Waals surface area contributed by atoms with Crippen molar-refractivity contribution in [2.45, 2.75) is 19.3 Å². The van der Waals surface area contributed by atoms with Crippen LogP contribution < -0.4 is 5.32 Å². The Hall–Kier alpha value is -1.06. The molecule has 2 N–H and O–H groups in total. The lowest BCUT2D eigenvalue weighted by molar-refractivity contribution is -0.141. The Kier molecular flexibility index (Phi) is 1.85. The molecular formula is C7H11NO3. The van der Waals surface area contributed by atoms with Gasteiger partial charge in [0.1, 0.15) is 0 Å². The van der Waals surface area contributed by atoms with Gasteiger partial charge in [0.25, 0.3) is 0 Å². The third-order valence-corrected chi connectivity index (χ3v) is 2.05. The molecule has 4 nitrogen and oxygen atoms in total. The second-order valence-corrected chi connectivity index (χ2v) is 2.93. The van der Waals surface area contributed by atoms with Gasteiger partial charge in [0.05, 0.1) is 11.8 Å². The van der Waals surface area contributed by atoms with E-state index in [1.54, 1.807) is 0 Å². The highest BCUT2D eigenvalue weighted by molar-refractivity contribution is 5.89. The smallest absolute Gasteiger partial charge is 0.304 e. The summed E-state index contributed by atoms with van der Waals surface area (Å²) in [6, 6.07) is 0. The Morgan fingerprint density at radius 1 is 1.55 bits per heavy atom. The average Bonchev–Trinajstić information content (AvgIpc) is 2.67. The minimum Gasteiger partial charge on any atom is -0.481 e. The van der Waals surface area contributed by atoms with E-state index in [4.69, 9.17) is 5.11 Å². The molecule has 4 heteroatoms. The van der Waals surface area contributed by atoms with Gasteiger partial charge in [0.15, 0.2) is 0 Å². The first kappa shape index (κ1) is 8.04. The van der Waals surface area contributed by atoms with Crippen LogP contribution >= 0.6 is 0 Å². The third kappa shape index (κ3) is 1.50. The number of nitrogens with one attached hydrogen (secondary N) is 1. The number of carboxylic acids is 1. The van der Waals surface area contributed by atoms with Crippen LogP contribution in [0.3, 0.4) is 0 Å². The van der Waals surface area contributed by atoms with Gasteiger partial charge < -0.3 is 10.4 Å². The molecule has 0 atom stereocenters. The molecule has 0 aromatic carbocycles. The van der Waals surface area contributed by atoms with Gasteiger partial charge in [0, 0.05) is 7.05 Å². The number of amides is 1. The van der Waals surface area contributed by atoms with E-state index in [9.17, 15) is 9.59 Å². The first-order valence-corrected chi connectivity index (χ1v) is 3.55. The van der Waals surface area contributed by atoms with Crippen molar-refractivity contribution in [1.82, 2.24) is 5.32 Å². The Balaban J connectivity index is 2.53. The molecule has 1 aliphatic carbocycles. The predicted molar refractivity (Wildman–Crippen MR) is 38.0 cm³/mol. The molecular weight excluding hydrogens is 146 g/mol. The fourth-order valence-corrected chi connectivity index (χ4v) is 1.19. The maximum absolute atomic E-state index is 11.1. The Labute approximate surface area is 64.6 Å². The normalized spacial score (nSPS) is 19.0. The molecule has 0 bridgehead atoms. The highest BCUT2D eigenvalue weighted by Crippen LogP contribution is 2.48. The van der Waals surface area contributed by atoms with Crippen LogP contribution in [0.2, 0.25) is 0 Å². The lowest BCUT2D eigenvalue weighted by atomic mass is 10.0. The van der Waals surface area contributed by atoms with E-state index in [2.05, 4.69) is 5.32 Å². The van der Waals surface area contributed by atoms with Gasteiger partial charge in [-0.25, -0.2) is 0 Å². The standard InChI is InChI=1S/C7H11NO3/c1-8-6(11)7(2-3-7)4-5(9)10/h2-4H2,1H3,(H,8,11)(H,9,10). The van der Waals surface area contributed by atoms with E-state index in [-0.39, 0.29) is 12.3 Å². The zero-order valence-electron chi connectivity index (χ0n) is 6.39. The van der Waals surface area contributed by atoms with E-state index in [1.807, 2.05) is 0 Å². The molecule has 0 spiro atoms. The van der Waals surface area contributed by atoms with E-state index in [0.717, 1.165) is 0 Å². The minimum atomic E-state index is -0.897. The highest BCUT2D eigenvalue weighted by atomic mass is 16.4. The van der Waals surface area contributed by atoms with Crippen molar-refractivity contribution in [2.24, 2.45) is 5.41 Å². The summed E-state index contributed by atoms with van der Waals surface area (Å²) in [6.45, 7) is 0. The Morgan fingerprint density at radius 3 is 2.36 bits per heavy atom. The van der Waals surface area contributed by atoms with E-state index in [0.29, 0.717) is 12.8 Å². The van der Waals surface area contributed by atoms with Crippen molar-refractivity contribution in [3.8, 4) is 0 Å². The number of hydrogen-bond acceptors (Lipinski definition) is 2. The summed E-state index contributed by atoms with van der Waals surface area (Å²) in [4.78, 5) is 21.4. The van der Waals surface area contributed by atoms with Crippen LogP contribution in [0.5, 0.6) is 0 Å². The molecule has 0 aliphatic heterocycles. The summed E-state index contributed by atoms with van der Waals surface area (Å²) in [5.41, 5.74) is -0.569. The number of carbonyl (C=O) groups is 2. The van der Waals surface area contributed by atoms with Crippen LogP contribution in [0, 0.1) is 5.41 Å². The fourth-order valence-electron chi connectivity index (χ4n) is 1.19. The van der Waals surface area contributed by atoms with Crippen LogP contribution in [-0.2, 0) is 9.59 Å². The lowest BCUT2D eigenvalue weighted by Gasteiger charge is -2.08. The molecule has 1 rings (SSSR count). The summed E-state index contributed by atoms with van der Waals surface area (Å²) >= 11 is 0. The molecule has 0 unspecified atom stereocenters. The fraction of sp³-hybridized carbons (Fsp3) is 0.714. The third-order valence-electron chi connectivity index (χ3n) is 2.05. The van der Waals surface area contributed by atoms with Crippen molar-refractivity contribution >= 4 is 11.9 Å². The molecule has 0 heterocycles. The largest absolute Gasteiger partial charge is 0.481 e. The van der Waals surface area contributed by atoms with E-state index >= 15 is 0 Å². The van der Waals surface area contributed by atoms with Crippen molar-refractivity contribution < 1.29 is 14.7 Å². The number of carbonyl (C=O) groups excluding carboxylic acids is 1. The molecule has 62 valence electrons. The first-order chi connectivity index (χ1) is 5.10. The highest BCUT2D eigenvalue weighted by Gasteiger charge is 2.50. The zero-order chi connectivity index (χ0) is 8.48. The predicted octanol–water partition coefficient (Wildman–Crippen LogP) is -0.0127. The molecule has 1 fully saturated rings. The molecule has 11 heavy (non-hydrogen) atoms. The van der Waals surface area contributed by atoms with Crippen LogP contribution in [0.15, 0.2) is 0 Å². The van der Waals surface area contributed by atoms with Gasteiger partial charge in [-0.15, -0.1) is 0 Å². The SMILES string of the molecule is CNC(=O)C1(CC(=O)O)CC1. The van der Waals surface area contributed by atoms with Crippen molar-refractivity contribution in [2.75, 3.05) is 7.05 Å². The number of carboxylic acid groups (broad SMARTS) is 1. The second-order valence-electron chi connectivity index (χ2n) is 2.93. The summed E-state index contributed by atoms with van der Waals surface area (Å²) in [7, 11) is 1.53. The van der Waals surface area contributed by atoms with Crippen molar-refractivity contribution in [3.63, 3.8) is 0 Å². The van der Waals surface area contributed by atoms with Gasteiger partial charge in [-0.2, -0.15) is 0 Å². The Bertz CT molecular complexity index is 196. The van der Waals surface area contributed by atoms with Crippen LogP contribution in [0.1, 0.15) is 19.3 Å². The number of aliphatic carboxylic acids is 1. The average molecular weight is 157 g/mol. The maximum Gasteiger partial charge on any atom is 0.304 e. The van der Waals surface area contributed by atoms with Gasteiger partial charge in [-0.05, 0) is 12.8 Å². The molecule has 0 aromatic rings. The second kappa shape index (κ2) is 2.53. The van der Waals surface area contributed by atoms with Gasteiger partial charge in [-0.3, -0.25) is 9.59 Å². The molecule has 0 aromatic heterocycles. The van der Waals surface area contributed by atoms with Crippen LogP contribution in [0.25, 0.3) is 0 Å². The summed E-state index contributed by atoms with van der Waals surface area (Å²) < 4.78 is 0. The lowest BCUT2D eigenvalue weighted by Crippen LogP contribution is -2.30. The topological polar surface area (TPSA) is 66.4 Å². The van der Waals surface area contributed by atoms with Crippen LogP contribution in [-0.4, -0.2) is 24.0 Å². The molecule has 1 amide bonds. The van der Waals surface area contributed by atoms with E-state index < -0.39 is 11.4 Å². The first-order valence-electron chi connectivity index (χ1n) is 3.55. The number of rotatable bonds is 3. The van der Waals surface area contributed by atoms with Gasteiger partial charge >= 0.3 is 5.97 Å². The molecule has 0 radical (unpaired) electrons. The summed E-state index contributed by atoms with van der Waals surface area (Å²) in [6.07, 6.45) is 1.38.